The summed E-state index contributed by atoms with van der Waals surface area (Å²) in [5, 5.41) is 15.9. The summed E-state index contributed by atoms with van der Waals surface area (Å²) in [6.45, 7) is 2.45. The van der Waals surface area contributed by atoms with Gasteiger partial charge in [-0.25, -0.2) is 5.43 Å². The fourth-order valence-corrected chi connectivity index (χ4v) is 3.01. The molecule has 0 fully saturated rings. The molecular weight excluding hydrogens is 372 g/mol. The van der Waals surface area contributed by atoms with Gasteiger partial charge in [0.15, 0.2) is 11.5 Å². The summed E-state index contributed by atoms with van der Waals surface area (Å²) in [4.78, 5) is 12.4. The van der Waals surface area contributed by atoms with E-state index >= 15 is 0 Å². The van der Waals surface area contributed by atoms with E-state index < -0.39 is 12.0 Å². The molecule has 0 spiro atoms. The number of phenolic OH excluding ortho intramolecular Hbond substituents is 1. The number of hydrazone groups is 1. The highest BCUT2D eigenvalue weighted by atomic mass is 16.6. The number of hydrogen-bond acceptors (Lipinski definition) is 6. The van der Waals surface area contributed by atoms with E-state index in [0.717, 1.165) is 10.8 Å². The molecule has 7 nitrogen and oxygen atoms in total. The van der Waals surface area contributed by atoms with E-state index in [9.17, 15) is 9.90 Å². The lowest BCUT2D eigenvalue weighted by molar-refractivity contribution is -0.130. The maximum atomic E-state index is 12.4. The van der Waals surface area contributed by atoms with Crippen LogP contribution in [0.5, 0.6) is 23.0 Å². The van der Waals surface area contributed by atoms with Gasteiger partial charge in [-0.05, 0) is 42.0 Å². The molecule has 3 aromatic rings. The molecule has 0 saturated carbocycles. The van der Waals surface area contributed by atoms with Gasteiger partial charge in [0.25, 0.3) is 5.91 Å². The minimum absolute atomic E-state index is 0.00649. The van der Waals surface area contributed by atoms with Crippen LogP contribution in [0, 0.1) is 0 Å². The van der Waals surface area contributed by atoms with Crippen LogP contribution in [0.3, 0.4) is 0 Å². The van der Waals surface area contributed by atoms with E-state index in [1.54, 1.807) is 12.1 Å². The van der Waals surface area contributed by atoms with Crippen LogP contribution in [-0.2, 0) is 4.79 Å². The van der Waals surface area contributed by atoms with Gasteiger partial charge in [-0.3, -0.25) is 4.79 Å². The van der Waals surface area contributed by atoms with Crippen LogP contribution in [0.2, 0.25) is 0 Å². The van der Waals surface area contributed by atoms with Gasteiger partial charge < -0.3 is 19.3 Å². The highest BCUT2D eigenvalue weighted by Gasteiger charge is 2.27. The summed E-state index contributed by atoms with van der Waals surface area (Å²) in [5.74, 6) is 1.25. The number of nitrogens with one attached hydrogen (secondary N) is 1. The first-order valence-corrected chi connectivity index (χ1v) is 9.25. The number of fused-ring (bicyclic) bond motifs is 2. The van der Waals surface area contributed by atoms with Gasteiger partial charge in [-0.15, -0.1) is 0 Å². The molecule has 148 valence electrons. The van der Waals surface area contributed by atoms with Crippen LogP contribution in [0.15, 0.2) is 59.7 Å². The minimum Gasteiger partial charge on any atom is -0.507 e. The Labute approximate surface area is 167 Å². The standard InChI is InChI=1S/C22H20N2O5/c1-2-27-17-8-7-16(18(25)11-17)12-23-24-22(26)21-13-28-19-9-14-5-3-4-6-15(14)10-20(19)29-21/h3-12,21,25H,2,13H2,1H3,(H,24,26). The number of carbonyl (C=O) groups excluding carboxylic acids is 1. The zero-order valence-corrected chi connectivity index (χ0v) is 15.8. The van der Waals surface area contributed by atoms with Gasteiger partial charge in [-0.1, -0.05) is 24.3 Å². The summed E-state index contributed by atoms with van der Waals surface area (Å²) >= 11 is 0. The first-order valence-electron chi connectivity index (χ1n) is 9.25. The Morgan fingerprint density at radius 3 is 2.69 bits per heavy atom. The third-order valence-electron chi connectivity index (χ3n) is 4.46. The fourth-order valence-electron chi connectivity index (χ4n) is 3.01. The molecule has 1 atom stereocenters. The average Bonchev–Trinajstić information content (AvgIpc) is 2.73. The highest BCUT2D eigenvalue weighted by molar-refractivity contribution is 5.88. The first-order chi connectivity index (χ1) is 14.1. The number of phenols is 1. The smallest absolute Gasteiger partial charge is 0.284 e. The SMILES string of the molecule is CCOc1ccc(C=NNC(=O)C2COc3cc4ccccc4cc3O2)c(O)c1. The maximum absolute atomic E-state index is 12.4. The van der Waals surface area contributed by atoms with Gasteiger partial charge in [0, 0.05) is 11.6 Å². The van der Waals surface area contributed by atoms with E-state index in [4.69, 9.17) is 14.2 Å². The van der Waals surface area contributed by atoms with Gasteiger partial charge in [0.2, 0.25) is 6.10 Å². The number of benzene rings is 3. The average molecular weight is 392 g/mol. The molecule has 4 rings (SSSR count). The molecule has 1 aliphatic heterocycles. The Bertz CT molecular complexity index is 1080. The van der Waals surface area contributed by atoms with Gasteiger partial charge in [0.05, 0.1) is 12.8 Å². The second kappa shape index (κ2) is 8.10. The van der Waals surface area contributed by atoms with Crippen molar-refractivity contribution in [2.75, 3.05) is 13.2 Å². The number of carbonyl (C=O) groups is 1. The molecule has 2 N–H and O–H groups in total. The highest BCUT2D eigenvalue weighted by Crippen LogP contribution is 2.35. The largest absolute Gasteiger partial charge is 0.507 e. The van der Waals surface area contributed by atoms with Crippen LogP contribution in [0.1, 0.15) is 12.5 Å². The van der Waals surface area contributed by atoms with Crippen LogP contribution < -0.4 is 19.6 Å². The Morgan fingerprint density at radius 2 is 1.97 bits per heavy atom. The molecule has 1 heterocycles. The summed E-state index contributed by atoms with van der Waals surface area (Å²) in [6.07, 6.45) is 0.531. The summed E-state index contributed by atoms with van der Waals surface area (Å²) in [6, 6.07) is 16.5. The Kier molecular flexibility index (Phi) is 5.20. The van der Waals surface area contributed by atoms with Gasteiger partial charge in [0.1, 0.15) is 18.1 Å². The Hall–Kier alpha value is -3.74. The lowest BCUT2D eigenvalue weighted by Gasteiger charge is -2.25. The summed E-state index contributed by atoms with van der Waals surface area (Å²) in [7, 11) is 0. The Balaban J connectivity index is 1.41. The van der Waals surface area contributed by atoms with Crippen LogP contribution >= 0.6 is 0 Å². The summed E-state index contributed by atoms with van der Waals surface area (Å²) < 4.78 is 16.8. The zero-order valence-electron chi connectivity index (χ0n) is 15.8. The van der Waals surface area contributed by atoms with Crippen molar-refractivity contribution >= 4 is 22.9 Å². The molecule has 7 heteroatoms. The van der Waals surface area contributed by atoms with Crippen molar-refractivity contribution in [2.24, 2.45) is 5.10 Å². The number of rotatable bonds is 5. The van der Waals surface area contributed by atoms with Crippen LogP contribution in [0.25, 0.3) is 10.8 Å². The van der Waals surface area contributed by atoms with Crippen molar-refractivity contribution in [3.8, 4) is 23.0 Å². The molecule has 0 aliphatic carbocycles. The minimum atomic E-state index is -0.824. The van der Waals surface area contributed by atoms with E-state index in [1.807, 2.05) is 43.3 Å². The molecule has 0 bridgehead atoms. The second-order valence-electron chi connectivity index (χ2n) is 6.45. The lowest BCUT2D eigenvalue weighted by atomic mass is 10.1. The van der Waals surface area contributed by atoms with Gasteiger partial charge >= 0.3 is 0 Å². The van der Waals surface area contributed by atoms with E-state index in [-0.39, 0.29) is 12.4 Å². The molecule has 29 heavy (non-hydrogen) atoms. The van der Waals surface area contributed by atoms with E-state index in [0.29, 0.717) is 29.4 Å². The molecular formula is C22H20N2O5. The third-order valence-corrected chi connectivity index (χ3v) is 4.46. The molecule has 1 aliphatic rings. The lowest BCUT2D eigenvalue weighted by Crippen LogP contribution is -2.42. The van der Waals surface area contributed by atoms with Crippen molar-refractivity contribution in [2.45, 2.75) is 13.0 Å². The van der Waals surface area contributed by atoms with Crippen molar-refractivity contribution in [3.63, 3.8) is 0 Å². The monoisotopic (exact) mass is 392 g/mol. The molecule has 0 aromatic heterocycles. The van der Waals surface area contributed by atoms with Crippen molar-refractivity contribution in [1.82, 2.24) is 5.43 Å². The molecule has 3 aromatic carbocycles. The number of aromatic hydroxyl groups is 1. The van der Waals surface area contributed by atoms with Crippen molar-refractivity contribution < 1.29 is 24.1 Å². The normalized spacial score (nSPS) is 15.4. The number of nitrogens with zero attached hydrogens (tertiary/aromatic N) is 1. The van der Waals surface area contributed by atoms with E-state index in [2.05, 4.69) is 10.5 Å². The maximum Gasteiger partial charge on any atom is 0.284 e. The fraction of sp³-hybridized carbons (Fsp3) is 0.182. The van der Waals surface area contributed by atoms with E-state index in [1.165, 1.54) is 12.3 Å². The number of hydrogen-bond donors (Lipinski definition) is 2. The first kappa shape index (κ1) is 18.6. The zero-order chi connectivity index (χ0) is 20.2. The van der Waals surface area contributed by atoms with Crippen LogP contribution in [-0.4, -0.2) is 36.5 Å². The number of ether oxygens (including phenoxy) is 3. The second-order valence-corrected chi connectivity index (χ2v) is 6.45. The van der Waals surface area contributed by atoms with Crippen molar-refractivity contribution in [1.29, 1.82) is 0 Å². The molecule has 0 radical (unpaired) electrons. The molecule has 1 unspecified atom stereocenters. The molecule has 0 saturated heterocycles. The van der Waals surface area contributed by atoms with Crippen LogP contribution in [0.4, 0.5) is 0 Å². The third kappa shape index (κ3) is 4.08. The number of amides is 1. The quantitative estimate of drug-likeness (QED) is 0.514. The topological polar surface area (TPSA) is 89.4 Å². The van der Waals surface area contributed by atoms with Crippen molar-refractivity contribution in [3.05, 3.63) is 60.2 Å². The predicted octanol–water partition coefficient (Wildman–Crippen LogP) is 3.23. The van der Waals surface area contributed by atoms with Gasteiger partial charge in [-0.2, -0.15) is 5.10 Å². The predicted molar refractivity (Wildman–Crippen MR) is 109 cm³/mol. The summed E-state index contributed by atoms with van der Waals surface area (Å²) in [5.41, 5.74) is 2.87. The molecule has 1 amide bonds. The Morgan fingerprint density at radius 1 is 1.21 bits per heavy atom.